The monoisotopic (exact) mass is 515 g/mol. The number of halogens is 1. The number of ether oxygens (including phenoxy) is 1. The summed E-state index contributed by atoms with van der Waals surface area (Å²) in [6.07, 6.45) is 2.96. The van der Waals surface area contributed by atoms with Crippen molar-refractivity contribution in [1.29, 1.82) is 5.26 Å². The summed E-state index contributed by atoms with van der Waals surface area (Å²) in [6.45, 7) is 7.07. The summed E-state index contributed by atoms with van der Waals surface area (Å²) in [5, 5.41) is 23.1. The molecule has 0 spiro atoms. The maximum atomic E-state index is 12.7. The summed E-state index contributed by atoms with van der Waals surface area (Å²) in [7, 11) is 0. The molecule has 34 heavy (non-hydrogen) atoms. The summed E-state index contributed by atoms with van der Waals surface area (Å²) in [6, 6.07) is 7.80. The third kappa shape index (κ3) is 5.40. The SMILES string of the molecule is CCn1c(COc2ccc(Cl)c(C)c2)nnc1SCC(=O)Nc1sc2c(c1C#N)CCC(C)C2. The Morgan fingerprint density at radius 1 is 1.44 bits per heavy atom. The number of nitrogens with zero attached hydrogens (tertiary/aromatic N) is 4. The number of hydrogen-bond donors (Lipinski definition) is 1. The fourth-order valence-corrected chi connectivity index (χ4v) is 6.27. The molecule has 2 aromatic heterocycles. The minimum atomic E-state index is -0.159. The number of nitrogens with one attached hydrogen (secondary N) is 1. The fraction of sp³-hybridized carbons (Fsp3) is 0.417. The van der Waals surface area contributed by atoms with Crippen molar-refractivity contribution in [2.24, 2.45) is 5.92 Å². The van der Waals surface area contributed by atoms with Crippen LogP contribution in [0.3, 0.4) is 0 Å². The Morgan fingerprint density at radius 3 is 3.00 bits per heavy atom. The van der Waals surface area contributed by atoms with Crippen LogP contribution in [0.5, 0.6) is 5.75 Å². The van der Waals surface area contributed by atoms with E-state index >= 15 is 0 Å². The van der Waals surface area contributed by atoms with Gasteiger partial charge in [-0.2, -0.15) is 5.26 Å². The van der Waals surface area contributed by atoms with Crippen molar-refractivity contribution in [3.8, 4) is 11.8 Å². The maximum absolute atomic E-state index is 12.7. The van der Waals surface area contributed by atoms with Crippen molar-refractivity contribution in [3.05, 3.63) is 50.6 Å². The average molecular weight is 516 g/mol. The zero-order valence-electron chi connectivity index (χ0n) is 19.4. The summed E-state index contributed by atoms with van der Waals surface area (Å²) in [5.74, 6) is 2.03. The minimum Gasteiger partial charge on any atom is -0.486 e. The Labute approximate surface area is 212 Å². The van der Waals surface area contributed by atoms with E-state index in [4.69, 9.17) is 16.3 Å². The Bertz CT molecular complexity index is 1250. The predicted molar refractivity (Wildman–Crippen MR) is 136 cm³/mol. The van der Waals surface area contributed by atoms with Crippen molar-refractivity contribution in [1.82, 2.24) is 14.8 Å². The van der Waals surface area contributed by atoms with Crippen LogP contribution in [0, 0.1) is 24.2 Å². The molecule has 7 nitrogen and oxygen atoms in total. The number of thiophene rings is 1. The molecule has 4 rings (SSSR count). The lowest BCUT2D eigenvalue weighted by Crippen LogP contribution is -2.15. The van der Waals surface area contributed by atoms with Gasteiger partial charge in [-0.15, -0.1) is 21.5 Å². The van der Waals surface area contributed by atoms with E-state index < -0.39 is 0 Å². The molecule has 0 saturated carbocycles. The van der Waals surface area contributed by atoms with Gasteiger partial charge in [0.1, 0.15) is 23.4 Å². The van der Waals surface area contributed by atoms with Crippen molar-refractivity contribution in [2.75, 3.05) is 11.1 Å². The molecule has 0 fully saturated rings. The molecule has 0 radical (unpaired) electrons. The average Bonchev–Trinajstić information content (AvgIpc) is 3.37. The molecule has 0 aliphatic heterocycles. The van der Waals surface area contributed by atoms with Crippen molar-refractivity contribution in [3.63, 3.8) is 0 Å². The smallest absolute Gasteiger partial charge is 0.235 e. The van der Waals surface area contributed by atoms with Crippen LogP contribution in [0.15, 0.2) is 23.4 Å². The molecule has 0 bridgehead atoms. The minimum absolute atomic E-state index is 0.159. The van der Waals surface area contributed by atoms with E-state index in [1.54, 1.807) is 6.07 Å². The number of rotatable bonds is 8. The van der Waals surface area contributed by atoms with E-state index in [0.717, 1.165) is 30.4 Å². The largest absolute Gasteiger partial charge is 0.486 e. The van der Waals surface area contributed by atoms with Crippen LogP contribution in [-0.4, -0.2) is 26.4 Å². The second-order valence-electron chi connectivity index (χ2n) is 8.35. The summed E-state index contributed by atoms with van der Waals surface area (Å²) in [5.41, 5.74) is 2.68. The van der Waals surface area contributed by atoms with Crippen LogP contribution in [0.2, 0.25) is 5.02 Å². The molecular weight excluding hydrogens is 490 g/mol. The van der Waals surface area contributed by atoms with Gasteiger partial charge in [0.05, 0.1) is 11.3 Å². The van der Waals surface area contributed by atoms with Crippen LogP contribution in [0.4, 0.5) is 5.00 Å². The lowest BCUT2D eigenvalue weighted by atomic mass is 9.89. The summed E-state index contributed by atoms with van der Waals surface area (Å²) >= 11 is 8.93. The number of aromatic nitrogens is 3. The summed E-state index contributed by atoms with van der Waals surface area (Å²) < 4.78 is 7.80. The van der Waals surface area contributed by atoms with Gasteiger partial charge >= 0.3 is 0 Å². The van der Waals surface area contributed by atoms with E-state index in [1.165, 1.54) is 28.0 Å². The van der Waals surface area contributed by atoms with Gasteiger partial charge in [-0.25, -0.2) is 0 Å². The second-order valence-corrected chi connectivity index (χ2v) is 10.8. The maximum Gasteiger partial charge on any atom is 0.235 e. The molecular formula is C24H26ClN5O2S2. The zero-order valence-corrected chi connectivity index (χ0v) is 21.7. The first-order chi connectivity index (χ1) is 16.4. The Kier molecular flexibility index (Phi) is 7.81. The van der Waals surface area contributed by atoms with Gasteiger partial charge < -0.3 is 14.6 Å². The Morgan fingerprint density at radius 2 is 2.26 bits per heavy atom. The van der Waals surface area contributed by atoms with Crippen LogP contribution in [0.1, 0.15) is 47.7 Å². The number of aryl methyl sites for hydroxylation is 1. The Hall–Kier alpha value is -2.54. The van der Waals surface area contributed by atoms with Crippen LogP contribution < -0.4 is 10.1 Å². The molecule has 1 unspecified atom stereocenters. The number of amides is 1. The zero-order chi connectivity index (χ0) is 24.2. The van der Waals surface area contributed by atoms with Gasteiger partial charge in [0.15, 0.2) is 11.0 Å². The standard InChI is InChI=1S/C24H26ClN5O2S2/c1-4-30-21(12-32-16-6-8-19(25)15(3)10-16)28-29-24(30)33-13-22(31)27-23-18(11-26)17-7-5-14(2)9-20(17)34-23/h6,8,10,14H,4-5,7,9,12-13H2,1-3H3,(H,27,31). The third-order valence-corrected chi connectivity index (χ3v) is 8.38. The highest BCUT2D eigenvalue weighted by atomic mass is 35.5. The highest BCUT2D eigenvalue weighted by Crippen LogP contribution is 2.39. The first kappa shape index (κ1) is 24.6. The van der Waals surface area contributed by atoms with E-state index in [0.29, 0.717) is 44.8 Å². The normalized spacial score (nSPS) is 15.0. The molecule has 0 saturated heterocycles. The van der Waals surface area contributed by atoms with E-state index in [-0.39, 0.29) is 18.3 Å². The lowest BCUT2D eigenvalue weighted by Gasteiger charge is -2.17. The first-order valence-corrected chi connectivity index (χ1v) is 13.4. The lowest BCUT2D eigenvalue weighted by molar-refractivity contribution is -0.113. The van der Waals surface area contributed by atoms with Crippen molar-refractivity contribution >= 4 is 45.6 Å². The highest BCUT2D eigenvalue weighted by Gasteiger charge is 2.25. The number of anilines is 1. The van der Waals surface area contributed by atoms with Crippen molar-refractivity contribution < 1.29 is 9.53 Å². The topological polar surface area (TPSA) is 92.8 Å². The molecule has 1 atom stereocenters. The Balaban J connectivity index is 1.37. The molecule has 1 amide bonds. The molecule has 10 heteroatoms. The van der Waals surface area contributed by atoms with Gasteiger partial charge in [0.2, 0.25) is 5.91 Å². The van der Waals surface area contributed by atoms with Gasteiger partial charge in [-0.1, -0.05) is 30.3 Å². The molecule has 1 N–H and O–H groups in total. The van der Waals surface area contributed by atoms with Gasteiger partial charge in [0, 0.05) is 16.4 Å². The van der Waals surface area contributed by atoms with Crippen LogP contribution in [0.25, 0.3) is 0 Å². The van der Waals surface area contributed by atoms with Crippen LogP contribution in [-0.2, 0) is 30.8 Å². The van der Waals surface area contributed by atoms with Gasteiger partial charge in [0.25, 0.3) is 0 Å². The molecule has 2 heterocycles. The quantitative estimate of drug-likeness (QED) is 0.391. The number of thioether (sulfide) groups is 1. The predicted octanol–water partition coefficient (Wildman–Crippen LogP) is 5.63. The van der Waals surface area contributed by atoms with E-state index in [9.17, 15) is 10.1 Å². The van der Waals surface area contributed by atoms with E-state index in [2.05, 4.69) is 28.5 Å². The van der Waals surface area contributed by atoms with Crippen LogP contribution >= 0.6 is 34.7 Å². The molecule has 1 aliphatic carbocycles. The number of hydrogen-bond acceptors (Lipinski definition) is 7. The fourth-order valence-electron chi connectivity index (χ4n) is 3.96. The molecule has 3 aromatic rings. The third-order valence-electron chi connectivity index (χ3n) is 5.82. The summed E-state index contributed by atoms with van der Waals surface area (Å²) in [4.78, 5) is 13.9. The van der Waals surface area contributed by atoms with E-state index in [1.807, 2.05) is 30.5 Å². The number of fused-ring (bicyclic) bond motifs is 1. The number of benzene rings is 1. The van der Waals surface area contributed by atoms with Crippen molar-refractivity contribution in [2.45, 2.75) is 58.3 Å². The second kappa shape index (κ2) is 10.8. The van der Waals surface area contributed by atoms with Gasteiger partial charge in [-0.05, 0) is 68.4 Å². The molecule has 1 aromatic carbocycles. The van der Waals surface area contributed by atoms with Gasteiger partial charge in [-0.3, -0.25) is 4.79 Å². The molecule has 1 aliphatic rings. The first-order valence-electron chi connectivity index (χ1n) is 11.2. The number of carbonyl (C=O) groups is 1. The molecule has 178 valence electrons. The highest BCUT2D eigenvalue weighted by molar-refractivity contribution is 7.99. The number of nitriles is 1. The number of carbonyl (C=O) groups excluding carboxylic acids is 1.